The minimum absolute atomic E-state index is 0.0182. The van der Waals surface area contributed by atoms with Crippen molar-refractivity contribution in [1.82, 2.24) is 9.80 Å². The van der Waals surface area contributed by atoms with E-state index in [1.165, 1.54) is 12.0 Å². The van der Waals surface area contributed by atoms with Crippen molar-refractivity contribution in [3.05, 3.63) is 47.6 Å². The molecule has 0 radical (unpaired) electrons. The summed E-state index contributed by atoms with van der Waals surface area (Å²) in [4.78, 5) is 89.5. The van der Waals surface area contributed by atoms with E-state index in [1.807, 2.05) is 58.1 Å². The molecular weight excluding hydrogens is 961 g/mol. The molecular formula is C59H92N2O14. The number of ether oxygens (including phenoxy) is 6. The predicted molar refractivity (Wildman–Crippen MR) is 284 cm³/mol. The number of aliphatic hydroxyl groups excluding tert-OH is 1. The molecule has 4 heterocycles. The van der Waals surface area contributed by atoms with Crippen molar-refractivity contribution in [3.63, 3.8) is 0 Å². The third-order valence-electron chi connectivity index (χ3n) is 16.8. The van der Waals surface area contributed by atoms with Crippen LogP contribution in [0.4, 0.5) is 0 Å². The number of amides is 1. The molecule has 4 aliphatic heterocycles. The molecule has 2 bridgehead atoms. The van der Waals surface area contributed by atoms with Gasteiger partial charge in [0.1, 0.15) is 17.9 Å². The number of Topliss-reactive ketones (excluding diaryl/α,β-unsaturated/α-hetero) is 3. The summed E-state index contributed by atoms with van der Waals surface area (Å²) < 4.78 is 36.1. The lowest BCUT2D eigenvalue weighted by Gasteiger charge is -2.42. The third kappa shape index (κ3) is 17.3. The molecule has 16 heteroatoms. The molecule has 1 saturated carbocycles. The number of fused-ring (bicyclic) bond motifs is 3. The van der Waals surface area contributed by atoms with Crippen molar-refractivity contribution < 1.29 is 67.4 Å². The second-order valence-corrected chi connectivity index (χ2v) is 22.7. The second-order valence-electron chi connectivity index (χ2n) is 22.7. The highest BCUT2D eigenvalue weighted by atomic mass is 16.6. The molecule has 75 heavy (non-hydrogen) atoms. The minimum Gasteiger partial charge on any atom is -0.460 e. The summed E-state index contributed by atoms with van der Waals surface area (Å²) in [6.07, 6.45) is 14.2. The van der Waals surface area contributed by atoms with Gasteiger partial charge in [-0.15, -0.1) is 0 Å². The van der Waals surface area contributed by atoms with Crippen LogP contribution in [-0.2, 0) is 57.2 Å². The average Bonchev–Trinajstić information content (AvgIpc) is 3.91. The highest BCUT2D eigenvalue weighted by Crippen LogP contribution is 2.38. The molecule has 4 fully saturated rings. The van der Waals surface area contributed by atoms with Gasteiger partial charge in [0.2, 0.25) is 5.79 Å². The van der Waals surface area contributed by atoms with Gasteiger partial charge in [0, 0.05) is 64.9 Å². The Morgan fingerprint density at radius 2 is 1.55 bits per heavy atom. The smallest absolute Gasteiger partial charge is 0.329 e. The highest BCUT2D eigenvalue weighted by Gasteiger charge is 2.53. The minimum atomic E-state index is -2.44. The lowest BCUT2D eigenvalue weighted by atomic mass is 9.78. The third-order valence-corrected chi connectivity index (χ3v) is 16.8. The van der Waals surface area contributed by atoms with E-state index in [2.05, 4.69) is 4.90 Å². The van der Waals surface area contributed by atoms with Gasteiger partial charge in [0.25, 0.3) is 11.7 Å². The van der Waals surface area contributed by atoms with Crippen LogP contribution in [-0.4, -0.2) is 157 Å². The van der Waals surface area contributed by atoms with Crippen molar-refractivity contribution in [2.75, 3.05) is 47.5 Å². The predicted octanol–water partition coefficient (Wildman–Crippen LogP) is 7.61. The molecule has 16 nitrogen and oxygen atoms in total. The van der Waals surface area contributed by atoms with Crippen molar-refractivity contribution in [2.24, 2.45) is 35.5 Å². The van der Waals surface area contributed by atoms with E-state index in [4.69, 9.17) is 28.4 Å². The van der Waals surface area contributed by atoms with E-state index < -0.39 is 89.8 Å². The molecule has 0 aromatic rings. The molecule has 3 saturated heterocycles. The van der Waals surface area contributed by atoms with Crippen LogP contribution in [0.2, 0.25) is 0 Å². The Balaban J connectivity index is 1.50. The first-order chi connectivity index (χ1) is 35.7. The van der Waals surface area contributed by atoms with Gasteiger partial charge in [-0.2, -0.15) is 0 Å². The van der Waals surface area contributed by atoms with Gasteiger partial charge in [-0.25, -0.2) is 4.79 Å². The van der Waals surface area contributed by atoms with Gasteiger partial charge in [-0.3, -0.25) is 24.0 Å². The number of methoxy groups -OCH3 is 3. The fraction of sp³-hybridized carbons (Fsp3) is 0.763. The van der Waals surface area contributed by atoms with Crippen LogP contribution in [0.15, 0.2) is 47.6 Å². The number of cyclic esters (lactones) is 1. The van der Waals surface area contributed by atoms with Gasteiger partial charge in [-0.05, 0) is 146 Å². The second kappa shape index (κ2) is 29.7. The van der Waals surface area contributed by atoms with Gasteiger partial charge in [0.05, 0.1) is 24.4 Å². The molecule has 0 aromatic heterocycles. The monoisotopic (exact) mass is 1050 g/mol. The zero-order valence-corrected chi connectivity index (χ0v) is 46.9. The summed E-state index contributed by atoms with van der Waals surface area (Å²) in [6.45, 7) is 15.7. The fourth-order valence-electron chi connectivity index (χ4n) is 11.9. The van der Waals surface area contributed by atoms with Crippen molar-refractivity contribution >= 4 is 35.2 Å². The Morgan fingerprint density at radius 3 is 2.24 bits per heavy atom. The van der Waals surface area contributed by atoms with Crippen LogP contribution in [0.1, 0.15) is 151 Å². The lowest BCUT2D eigenvalue weighted by molar-refractivity contribution is -0.265. The van der Waals surface area contributed by atoms with Gasteiger partial charge in [-0.1, -0.05) is 71.1 Å². The number of carbonyl (C=O) groups is 6. The summed E-state index contributed by atoms with van der Waals surface area (Å²) in [5.74, 6) is -8.64. The van der Waals surface area contributed by atoms with E-state index >= 15 is 0 Å². The van der Waals surface area contributed by atoms with Crippen LogP contribution in [0.25, 0.3) is 0 Å². The Kier molecular flexibility index (Phi) is 24.6. The fourth-order valence-corrected chi connectivity index (χ4v) is 11.9. The molecule has 1 aliphatic carbocycles. The van der Waals surface area contributed by atoms with E-state index in [9.17, 15) is 39.0 Å². The Hall–Kier alpha value is -3.90. The van der Waals surface area contributed by atoms with E-state index in [0.29, 0.717) is 76.2 Å². The SMILES string of the molecule is COC1CC2CCC(C)[C@](O)(O2)C(=O)C(=O)N2CCCCC2C(=O)OC(C(C)CC2CCC(O)C(OC)C2)CC(=O)C(C)C=C(C)C(OC(=O)CCCN2CCCC2)C(OC)C(=O)C(C)CC(C)/C=C/C=C/C=C\1C. The number of aliphatic hydroxyl groups is 2. The van der Waals surface area contributed by atoms with Crippen LogP contribution in [0.3, 0.4) is 0 Å². The van der Waals surface area contributed by atoms with Gasteiger partial charge < -0.3 is 48.4 Å². The number of ketones is 3. The van der Waals surface area contributed by atoms with E-state index in [-0.39, 0.29) is 61.2 Å². The van der Waals surface area contributed by atoms with Crippen LogP contribution in [0.5, 0.6) is 0 Å². The maximum absolute atomic E-state index is 14.6. The van der Waals surface area contributed by atoms with Crippen molar-refractivity contribution in [2.45, 2.75) is 206 Å². The number of likely N-dealkylation sites (tertiary alicyclic amines) is 1. The lowest BCUT2D eigenvalue weighted by Crippen LogP contribution is -2.61. The summed E-state index contributed by atoms with van der Waals surface area (Å²) in [7, 11) is 4.57. The molecule has 0 spiro atoms. The molecule has 2 N–H and O–H groups in total. The van der Waals surface area contributed by atoms with Gasteiger partial charge in [0.15, 0.2) is 18.0 Å². The molecule has 422 valence electrons. The molecule has 5 aliphatic rings. The number of carbonyl (C=O) groups excluding carboxylic acids is 6. The topological polar surface area (TPSA) is 205 Å². The first-order valence-corrected chi connectivity index (χ1v) is 28.1. The summed E-state index contributed by atoms with van der Waals surface area (Å²) in [5, 5.41) is 22.6. The summed E-state index contributed by atoms with van der Waals surface area (Å²) in [6, 6.07) is -1.16. The van der Waals surface area contributed by atoms with Crippen molar-refractivity contribution in [1.29, 1.82) is 0 Å². The highest BCUT2D eigenvalue weighted by molar-refractivity contribution is 6.39. The molecule has 5 rings (SSSR count). The number of hydrogen-bond donors (Lipinski definition) is 2. The maximum atomic E-state index is 14.6. The first-order valence-electron chi connectivity index (χ1n) is 28.1. The zero-order chi connectivity index (χ0) is 55.0. The number of rotatable bonds is 11. The first kappa shape index (κ1) is 61.9. The molecule has 15 atom stereocenters. The maximum Gasteiger partial charge on any atom is 0.329 e. The summed E-state index contributed by atoms with van der Waals surface area (Å²) in [5.41, 5.74) is 1.34. The van der Waals surface area contributed by atoms with Crippen LogP contribution < -0.4 is 0 Å². The molecule has 1 amide bonds. The number of hydrogen-bond acceptors (Lipinski definition) is 15. The average molecular weight is 1050 g/mol. The van der Waals surface area contributed by atoms with Crippen LogP contribution >= 0.6 is 0 Å². The number of piperidine rings is 1. The standard InChI is InChI=1S/C59H92N2O14/c1-37-19-12-11-13-20-38(2)49(70-8)35-45-25-23-43(7)59(69,75-45)56(66)57(67)61-30-15-14-21-46(61)58(68)73-50(40(4)33-44-24-26-47(62)51(34-44)71-9)36-48(63)39(3)32-42(6)54(55(72-10)53(65)41(5)31-37)74-52(64)22-18-29-60-27-16-17-28-60/h11-13,19-20,32,37,39-41,43-47,49-51,54-55,62,69H,14-18,21-31,33-36H2,1-10H3/b13-11+,19-12+,38-20-,42-32?/t37?,39?,40?,41?,43?,44?,45?,46?,47?,49?,50?,51?,54?,55?,59-/m0/s1. The van der Waals surface area contributed by atoms with E-state index in [0.717, 1.165) is 38.0 Å². The van der Waals surface area contributed by atoms with E-state index in [1.54, 1.807) is 41.1 Å². The van der Waals surface area contributed by atoms with Crippen molar-refractivity contribution in [3.8, 4) is 0 Å². The normalized spacial score (nSPS) is 37.1. The number of esters is 2. The largest absolute Gasteiger partial charge is 0.460 e. The Morgan fingerprint density at radius 1 is 0.827 bits per heavy atom. The Bertz CT molecular complexity index is 2050. The number of allylic oxidation sites excluding steroid dienone is 6. The number of nitrogens with zero attached hydrogens (tertiary/aromatic N) is 2. The quantitative estimate of drug-likeness (QED) is 0.116. The van der Waals surface area contributed by atoms with Crippen LogP contribution in [0, 0.1) is 35.5 Å². The zero-order valence-electron chi connectivity index (χ0n) is 46.9. The molecule has 0 aromatic carbocycles. The summed E-state index contributed by atoms with van der Waals surface area (Å²) >= 11 is 0. The van der Waals surface area contributed by atoms with Gasteiger partial charge >= 0.3 is 11.9 Å². The Labute approximate surface area is 447 Å². The molecule has 14 unspecified atom stereocenters.